The van der Waals surface area contributed by atoms with Gasteiger partial charge in [-0.2, -0.15) is 0 Å². The van der Waals surface area contributed by atoms with Crippen LogP contribution < -0.4 is 0 Å². The number of rotatable bonds is 2. The average Bonchev–Trinajstić information content (AvgIpc) is 2.78. The minimum atomic E-state index is 0.498. The molecule has 1 fully saturated rings. The Labute approximate surface area is 113 Å². The Balaban J connectivity index is 2.13. The van der Waals surface area contributed by atoms with Gasteiger partial charge in [-0.15, -0.1) is 11.6 Å². The first-order valence-corrected chi connectivity index (χ1v) is 7.36. The van der Waals surface area contributed by atoms with Crippen molar-refractivity contribution >= 4 is 22.6 Å². The van der Waals surface area contributed by atoms with Gasteiger partial charge < -0.3 is 4.57 Å². The lowest BCUT2D eigenvalue weighted by atomic mass is 9.85. The first-order valence-electron chi connectivity index (χ1n) is 6.83. The van der Waals surface area contributed by atoms with E-state index in [9.17, 15) is 0 Å². The molecule has 1 aromatic carbocycles. The second-order valence-electron chi connectivity index (χ2n) is 5.35. The van der Waals surface area contributed by atoms with Crippen LogP contribution in [0.15, 0.2) is 24.3 Å². The van der Waals surface area contributed by atoms with Gasteiger partial charge >= 0.3 is 0 Å². The predicted molar refractivity (Wildman–Crippen MR) is 76.0 cm³/mol. The van der Waals surface area contributed by atoms with Gasteiger partial charge in [-0.1, -0.05) is 31.9 Å². The summed E-state index contributed by atoms with van der Waals surface area (Å²) < 4.78 is 2.40. The third kappa shape index (κ3) is 1.93. The zero-order valence-corrected chi connectivity index (χ0v) is 11.5. The summed E-state index contributed by atoms with van der Waals surface area (Å²) in [5, 5.41) is 0. The maximum atomic E-state index is 6.09. The normalized spacial score (nSPS) is 24.6. The number of hydrogen-bond donors (Lipinski definition) is 0. The zero-order chi connectivity index (χ0) is 12.5. The molecule has 2 atom stereocenters. The van der Waals surface area contributed by atoms with Crippen LogP contribution in [0.2, 0.25) is 0 Å². The van der Waals surface area contributed by atoms with E-state index in [1.165, 1.54) is 31.2 Å². The summed E-state index contributed by atoms with van der Waals surface area (Å²) >= 11 is 6.09. The molecule has 1 aliphatic rings. The maximum Gasteiger partial charge on any atom is 0.125 e. The monoisotopic (exact) mass is 262 g/mol. The first-order chi connectivity index (χ1) is 8.81. The van der Waals surface area contributed by atoms with Gasteiger partial charge in [0.15, 0.2) is 0 Å². The van der Waals surface area contributed by atoms with E-state index in [1.54, 1.807) is 0 Å². The Morgan fingerprint density at radius 2 is 2.06 bits per heavy atom. The SMILES string of the molecule is CC1CCCCC1n1c(CCl)nc2ccccc21. The van der Waals surface area contributed by atoms with Crippen molar-refractivity contribution in [1.82, 2.24) is 9.55 Å². The molecule has 2 unspecified atom stereocenters. The van der Waals surface area contributed by atoms with Crippen LogP contribution in [0.1, 0.15) is 44.5 Å². The number of imidazole rings is 1. The summed E-state index contributed by atoms with van der Waals surface area (Å²) in [6, 6.07) is 8.95. The first kappa shape index (κ1) is 12.0. The lowest BCUT2D eigenvalue weighted by Crippen LogP contribution is -2.22. The summed E-state index contributed by atoms with van der Waals surface area (Å²) in [6.45, 7) is 2.36. The predicted octanol–water partition coefficient (Wildman–Crippen LogP) is 4.53. The number of para-hydroxylation sites is 2. The van der Waals surface area contributed by atoms with Gasteiger partial charge in [-0.05, 0) is 30.9 Å². The average molecular weight is 263 g/mol. The molecule has 2 nitrogen and oxygen atoms in total. The molecule has 0 spiro atoms. The van der Waals surface area contributed by atoms with E-state index in [0.29, 0.717) is 11.9 Å². The standard InChI is InChI=1S/C15H19ClN2/c1-11-6-2-4-8-13(11)18-14-9-5-3-7-12(14)17-15(18)10-16/h3,5,7,9,11,13H,2,4,6,8,10H2,1H3. The van der Waals surface area contributed by atoms with E-state index in [4.69, 9.17) is 11.6 Å². The van der Waals surface area contributed by atoms with Crippen LogP contribution in [0.3, 0.4) is 0 Å². The number of nitrogens with zero attached hydrogens (tertiary/aromatic N) is 2. The summed E-state index contributed by atoms with van der Waals surface area (Å²) in [6.07, 6.45) is 5.26. The number of aromatic nitrogens is 2. The highest BCUT2D eigenvalue weighted by atomic mass is 35.5. The van der Waals surface area contributed by atoms with Crippen LogP contribution in [0, 0.1) is 5.92 Å². The van der Waals surface area contributed by atoms with Crippen molar-refractivity contribution in [2.75, 3.05) is 0 Å². The maximum absolute atomic E-state index is 6.09. The molecule has 0 radical (unpaired) electrons. The molecule has 1 aromatic heterocycles. The lowest BCUT2D eigenvalue weighted by molar-refractivity contribution is 0.258. The largest absolute Gasteiger partial charge is 0.324 e. The van der Waals surface area contributed by atoms with E-state index in [2.05, 4.69) is 34.7 Å². The van der Waals surface area contributed by atoms with Gasteiger partial charge in [-0.25, -0.2) is 4.98 Å². The van der Waals surface area contributed by atoms with Crippen LogP contribution in [0.4, 0.5) is 0 Å². The molecular weight excluding hydrogens is 244 g/mol. The molecule has 0 bridgehead atoms. The molecule has 1 saturated carbocycles. The fourth-order valence-corrected chi connectivity index (χ4v) is 3.43. The zero-order valence-electron chi connectivity index (χ0n) is 10.8. The van der Waals surface area contributed by atoms with Crippen LogP contribution in [0.25, 0.3) is 11.0 Å². The van der Waals surface area contributed by atoms with Crippen molar-refractivity contribution in [3.63, 3.8) is 0 Å². The third-order valence-electron chi connectivity index (χ3n) is 4.19. The van der Waals surface area contributed by atoms with E-state index in [-0.39, 0.29) is 0 Å². The summed E-state index contributed by atoms with van der Waals surface area (Å²) in [4.78, 5) is 4.67. The fraction of sp³-hybridized carbons (Fsp3) is 0.533. The molecule has 0 aliphatic heterocycles. The molecular formula is C15H19ClN2. The number of alkyl halides is 1. The minimum absolute atomic E-state index is 0.498. The highest BCUT2D eigenvalue weighted by Gasteiger charge is 2.26. The Morgan fingerprint density at radius 3 is 2.83 bits per heavy atom. The minimum Gasteiger partial charge on any atom is -0.324 e. The summed E-state index contributed by atoms with van der Waals surface area (Å²) in [5.74, 6) is 2.24. The third-order valence-corrected chi connectivity index (χ3v) is 4.43. The molecule has 3 heteroatoms. The molecule has 3 rings (SSSR count). The molecule has 2 aromatic rings. The van der Waals surface area contributed by atoms with Gasteiger partial charge in [0.2, 0.25) is 0 Å². The molecule has 0 N–H and O–H groups in total. The number of fused-ring (bicyclic) bond motifs is 1. The van der Waals surface area contributed by atoms with Crippen LogP contribution in [-0.2, 0) is 5.88 Å². The van der Waals surface area contributed by atoms with Gasteiger partial charge in [0, 0.05) is 6.04 Å². The second kappa shape index (κ2) is 4.93. The molecule has 0 amide bonds. The highest BCUT2D eigenvalue weighted by molar-refractivity contribution is 6.16. The second-order valence-corrected chi connectivity index (χ2v) is 5.62. The van der Waals surface area contributed by atoms with Crippen molar-refractivity contribution in [2.24, 2.45) is 5.92 Å². The number of halogens is 1. The summed E-state index contributed by atoms with van der Waals surface area (Å²) in [5.41, 5.74) is 2.32. The van der Waals surface area contributed by atoms with Crippen molar-refractivity contribution in [3.05, 3.63) is 30.1 Å². The van der Waals surface area contributed by atoms with Crippen molar-refractivity contribution < 1.29 is 0 Å². The number of hydrogen-bond acceptors (Lipinski definition) is 1. The molecule has 96 valence electrons. The van der Waals surface area contributed by atoms with Gasteiger partial charge in [0.05, 0.1) is 16.9 Å². The van der Waals surface area contributed by atoms with Gasteiger partial charge in [-0.3, -0.25) is 0 Å². The van der Waals surface area contributed by atoms with E-state index >= 15 is 0 Å². The quantitative estimate of drug-likeness (QED) is 0.728. The molecule has 18 heavy (non-hydrogen) atoms. The van der Waals surface area contributed by atoms with Crippen LogP contribution >= 0.6 is 11.6 Å². The van der Waals surface area contributed by atoms with E-state index in [1.807, 2.05) is 6.07 Å². The highest BCUT2D eigenvalue weighted by Crippen LogP contribution is 2.36. The smallest absolute Gasteiger partial charge is 0.125 e. The molecule has 0 saturated heterocycles. The van der Waals surface area contributed by atoms with Gasteiger partial charge in [0.25, 0.3) is 0 Å². The van der Waals surface area contributed by atoms with Crippen molar-refractivity contribution in [1.29, 1.82) is 0 Å². The number of benzene rings is 1. The van der Waals surface area contributed by atoms with E-state index in [0.717, 1.165) is 17.3 Å². The van der Waals surface area contributed by atoms with Crippen molar-refractivity contribution in [3.8, 4) is 0 Å². The fourth-order valence-electron chi connectivity index (χ4n) is 3.24. The Hall–Kier alpha value is -1.02. The lowest BCUT2D eigenvalue weighted by Gasteiger charge is -2.31. The van der Waals surface area contributed by atoms with Crippen LogP contribution in [-0.4, -0.2) is 9.55 Å². The topological polar surface area (TPSA) is 17.8 Å². The molecule has 1 aliphatic carbocycles. The Kier molecular flexibility index (Phi) is 3.29. The van der Waals surface area contributed by atoms with Gasteiger partial charge in [0.1, 0.15) is 5.82 Å². The van der Waals surface area contributed by atoms with Crippen molar-refractivity contribution in [2.45, 2.75) is 44.5 Å². The molecule has 1 heterocycles. The summed E-state index contributed by atoms with van der Waals surface area (Å²) in [7, 11) is 0. The van der Waals surface area contributed by atoms with Crippen LogP contribution in [0.5, 0.6) is 0 Å². The van der Waals surface area contributed by atoms with E-state index < -0.39 is 0 Å². The Bertz CT molecular complexity index is 546. The Morgan fingerprint density at radius 1 is 1.28 bits per heavy atom.